The summed E-state index contributed by atoms with van der Waals surface area (Å²) in [6.45, 7) is 8.78. The van der Waals surface area contributed by atoms with E-state index in [0.29, 0.717) is 37.1 Å². The second-order valence-electron chi connectivity index (χ2n) is 12.4. The molecule has 6 heteroatoms. The zero-order chi connectivity index (χ0) is 31.2. The van der Waals surface area contributed by atoms with Gasteiger partial charge in [0, 0.05) is 12.1 Å². The average Bonchev–Trinajstić information content (AvgIpc) is 2.99. The number of nitrogens with one attached hydrogen (secondary N) is 1. The van der Waals surface area contributed by atoms with Gasteiger partial charge in [-0.05, 0) is 19.3 Å². The fourth-order valence-electron chi connectivity index (χ4n) is 5.42. The van der Waals surface area contributed by atoms with Crippen LogP contribution < -0.4 is 30.7 Å². The third kappa shape index (κ3) is 22.1. The maximum atomic E-state index is 6.39. The van der Waals surface area contributed by atoms with Crippen molar-refractivity contribution in [3.05, 3.63) is 12.1 Å². The molecular weight excluding hydrogens is 534 g/mol. The Morgan fingerprint density at radius 1 is 0.465 bits per heavy atom. The van der Waals surface area contributed by atoms with Crippen molar-refractivity contribution < 1.29 is 19.2 Å². The summed E-state index contributed by atoms with van der Waals surface area (Å²) in [5.41, 5.74) is 12.4. The molecule has 0 amide bonds. The predicted molar refractivity (Wildman–Crippen MR) is 185 cm³/mol. The third-order valence-electron chi connectivity index (χ3n) is 8.06. The van der Waals surface area contributed by atoms with E-state index in [1.54, 1.807) is 0 Å². The Morgan fingerprint density at radius 3 is 1.09 bits per heavy atom. The van der Waals surface area contributed by atoms with Gasteiger partial charge in [0.1, 0.15) is 5.69 Å². The molecule has 0 atom stereocenters. The first-order chi connectivity index (χ1) is 21.1. The van der Waals surface area contributed by atoms with E-state index in [0.717, 1.165) is 24.9 Å². The topological polar surface area (TPSA) is 93.7 Å². The number of ether oxygens (including phenoxy) is 3. The first-order valence-corrected chi connectivity index (χ1v) is 18.3. The molecular formula is C37H70N3O3+. The second-order valence-corrected chi connectivity index (χ2v) is 12.4. The Bertz CT molecular complexity index is 752. The summed E-state index contributed by atoms with van der Waals surface area (Å²) >= 11 is 0. The van der Waals surface area contributed by atoms with Crippen LogP contribution in [0.4, 0.5) is 5.69 Å². The molecule has 5 N–H and O–H groups in total. The molecule has 6 nitrogen and oxygen atoms in total. The maximum Gasteiger partial charge on any atom is 0.343 e. The Kier molecular flexibility index (Phi) is 25.9. The molecule has 1 aromatic rings. The van der Waals surface area contributed by atoms with Gasteiger partial charge in [-0.2, -0.15) is 0 Å². The summed E-state index contributed by atoms with van der Waals surface area (Å²) in [4.78, 5) is 3.04. The van der Waals surface area contributed by atoms with Crippen LogP contribution in [0.25, 0.3) is 0 Å². The minimum Gasteiger partial charge on any atom is -0.489 e. The van der Waals surface area contributed by atoms with Gasteiger partial charge in [0.05, 0.1) is 19.8 Å². The largest absolute Gasteiger partial charge is 0.489 e. The van der Waals surface area contributed by atoms with E-state index >= 15 is 0 Å². The summed E-state index contributed by atoms with van der Waals surface area (Å²) in [6.07, 6.45) is 30.4. The molecule has 0 saturated heterocycles. The van der Waals surface area contributed by atoms with Gasteiger partial charge in [-0.25, -0.2) is 4.99 Å². The Morgan fingerprint density at radius 2 is 0.767 bits per heavy atom. The van der Waals surface area contributed by atoms with E-state index < -0.39 is 0 Å². The average molecular weight is 605 g/mol. The molecule has 0 radical (unpaired) electrons. The highest BCUT2D eigenvalue weighted by molar-refractivity contribution is 5.71. The van der Waals surface area contributed by atoms with Crippen LogP contribution in [-0.4, -0.2) is 25.8 Å². The standard InChI is InChI=1S/C37H69N3O3/c1-4-7-10-13-16-19-22-25-28-41-34-31-33(40-37(38)39)32-35(42-29-26-23-20-17-14-11-8-5-2)36(34)43-30-27-24-21-18-15-12-9-6-3/h31-32H,4-30H2,1-3H3,(H4,38,39,40)/p+1. The number of guanidine groups is 1. The lowest BCUT2D eigenvalue weighted by Gasteiger charge is -2.18. The summed E-state index contributed by atoms with van der Waals surface area (Å²) in [6, 6.07) is 3.88. The number of benzene rings is 1. The van der Waals surface area contributed by atoms with Crippen LogP contribution in [0, 0.1) is 0 Å². The van der Waals surface area contributed by atoms with Crippen molar-refractivity contribution in [2.75, 3.05) is 19.8 Å². The number of hydrogen-bond donors (Lipinski definition) is 3. The van der Waals surface area contributed by atoms with E-state index in [-0.39, 0.29) is 5.96 Å². The van der Waals surface area contributed by atoms with Gasteiger partial charge in [0.2, 0.25) is 5.75 Å². The summed E-state index contributed by atoms with van der Waals surface area (Å²) < 4.78 is 19.1. The van der Waals surface area contributed by atoms with Crippen molar-refractivity contribution in [1.29, 1.82) is 0 Å². The second kappa shape index (κ2) is 28.6. The fraction of sp³-hybridized carbons (Fsp3) is 0.811. The minimum atomic E-state index is 0.149. The van der Waals surface area contributed by atoms with Gasteiger partial charge in [-0.15, -0.1) is 0 Å². The molecule has 0 unspecified atom stereocenters. The van der Waals surface area contributed by atoms with Crippen molar-refractivity contribution in [1.82, 2.24) is 0 Å². The van der Waals surface area contributed by atoms with Gasteiger partial charge in [0.15, 0.2) is 11.5 Å². The summed E-state index contributed by atoms with van der Waals surface area (Å²) in [5.74, 6) is 2.28. The van der Waals surface area contributed by atoms with Crippen LogP contribution in [-0.2, 0) is 0 Å². The normalized spacial score (nSPS) is 11.0. The number of unbranched alkanes of at least 4 members (excludes halogenated alkanes) is 21. The zero-order valence-electron chi connectivity index (χ0n) is 28.6. The zero-order valence-corrected chi connectivity index (χ0v) is 28.6. The van der Waals surface area contributed by atoms with Crippen molar-refractivity contribution in [3.8, 4) is 17.2 Å². The quantitative estimate of drug-likeness (QED) is 0.0446. The molecule has 0 saturated carbocycles. The minimum absolute atomic E-state index is 0.149. The molecule has 0 aliphatic carbocycles. The van der Waals surface area contributed by atoms with Crippen LogP contribution in [0.2, 0.25) is 0 Å². The van der Waals surface area contributed by atoms with Gasteiger partial charge in [-0.1, -0.05) is 156 Å². The summed E-state index contributed by atoms with van der Waals surface area (Å²) in [7, 11) is 0. The molecule has 0 aliphatic rings. The van der Waals surface area contributed by atoms with E-state index in [2.05, 4.69) is 25.8 Å². The first-order valence-electron chi connectivity index (χ1n) is 18.3. The molecule has 0 aromatic heterocycles. The van der Waals surface area contributed by atoms with Crippen LogP contribution in [0.1, 0.15) is 175 Å². The van der Waals surface area contributed by atoms with Gasteiger partial charge >= 0.3 is 5.96 Å². The lowest BCUT2D eigenvalue weighted by Crippen LogP contribution is -2.72. The first kappa shape index (κ1) is 38.9. The molecule has 0 heterocycles. The van der Waals surface area contributed by atoms with E-state index in [1.165, 1.54) is 135 Å². The molecule has 0 fully saturated rings. The molecule has 0 spiro atoms. The molecule has 0 bridgehead atoms. The number of hydrogen-bond acceptors (Lipinski definition) is 3. The van der Waals surface area contributed by atoms with Crippen molar-refractivity contribution in [2.45, 2.75) is 175 Å². The van der Waals surface area contributed by atoms with Crippen LogP contribution in [0.3, 0.4) is 0 Å². The van der Waals surface area contributed by atoms with Crippen molar-refractivity contribution in [3.63, 3.8) is 0 Å². The highest BCUT2D eigenvalue weighted by atomic mass is 16.5. The van der Waals surface area contributed by atoms with Gasteiger partial charge < -0.3 is 14.2 Å². The third-order valence-corrected chi connectivity index (χ3v) is 8.06. The van der Waals surface area contributed by atoms with Gasteiger partial charge in [0.25, 0.3) is 0 Å². The molecule has 0 aliphatic heterocycles. The van der Waals surface area contributed by atoms with Crippen molar-refractivity contribution >= 4 is 11.6 Å². The monoisotopic (exact) mass is 605 g/mol. The lowest BCUT2D eigenvalue weighted by atomic mass is 10.1. The van der Waals surface area contributed by atoms with Crippen LogP contribution in [0.5, 0.6) is 17.2 Å². The van der Waals surface area contributed by atoms with Crippen LogP contribution >= 0.6 is 0 Å². The van der Waals surface area contributed by atoms with Crippen molar-refractivity contribution in [2.24, 2.45) is 11.5 Å². The Balaban J connectivity index is 2.75. The van der Waals surface area contributed by atoms with Gasteiger partial charge in [-0.3, -0.25) is 11.5 Å². The Labute approximate surface area is 266 Å². The lowest BCUT2D eigenvalue weighted by molar-refractivity contribution is -0.356. The SMILES string of the molecule is CCCCCCCCCCOc1cc([NH+]=C(N)N)cc(OCCCCCCCCCC)c1OCCCCCCCCCC. The molecule has 43 heavy (non-hydrogen) atoms. The highest BCUT2D eigenvalue weighted by Gasteiger charge is 2.17. The molecule has 1 rings (SSSR count). The maximum absolute atomic E-state index is 6.39. The number of rotatable bonds is 31. The van der Waals surface area contributed by atoms with Crippen LogP contribution in [0.15, 0.2) is 12.1 Å². The molecule has 250 valence electrons. The fourth-order valence-corrected chi connectivity index (χ4v) is 5.42. The summed E-state index contributed by atoms with van der Waals surface area (Å²) in [5, 5.41) is 0. The highest BCUT2D eigenvalue weighted by Crippen LogP contribution is 2.40. The predicted octanol–water partition coefficient (Wildman–Crippen LogP) is 9.23. The molecule has 1 aromatic carbocycles. The van der Waals surface area contributed by atoms with E-state index in [9.17, 15) is 0 Å². The Hall–Kier alpha value is -2.11. The van der Waals surface area contributed by atoms with E-state index in [4.69, 9.17) is 25.7 Å². The smallest absolute Gasteiger partial charge is 0.343 e. The van der Waals surface area contributed by atoms with E-state index in [1.807, 2.05) is 12.1 Å². The number of nitrogens with two attached hydrogens (primary N) is 2.